The Kier molecular flexibility index (Phi) is 5.31. The maximum atomic E-state index is 12.5. The molecule has 0 aliphatic carbocycles. The molecular formula is C20H29N5O2. The van der Waals surface area contributed by atoms with Crippen molar-refractivity contribution in [2.45, 2.75) is 26.3 Å². The zero-order chi connectivity index (χ0) is 18.8. The minimum atomic E-state index is -0.106. The van der Waals surface area contributed by atoms with Crippen LogP contribution in [-0.4, -0.2) is 72.5 Å². The van der Waals surface area contributed by atoms with Gasteiger partial charge in [-0.1, -0.05) is 19.9 Å². The van der Waals surface area contributed by atoms with Crippen LogP contribution in [0.3, 0.4) is 0 Å². The highest BCUT2D eigenvalue weighted by Gasteiger charge is 2.29. The first kappa shape index (κ1) is 18.3. The second kappa shape index (κ2) is 7.86. The van der Waals surface area contributed by atoms with E-state index < -0.39 is 0 Å². The number of nitrogens with one attached hydrogen (secondary N) is 1. The summed E-state index contributed by atoms with van der Waals surface area (Å²) >= 11 is 0. The number of carbonyl (C=O) groups is 1. The van der Waals surface area contributed by atoms with E-state index >= 15 is 0 Å². The van der Waals surface area contributed by atoms with Gasteiger partial charge in [-0.3, -0.25) is 9.47 Å². The van der Waals surface area contributed by atoms with Gasteiger partial charge in [-0.05, 0) is 24.5 Å². The summed E-state index contributed by atoms with van der Waals surface area (Å²) in [6.45, 7) is 10.8. The average Bonchev–Trinajstić information content (AvgIpc) is 3.05. The van der Waals surface area contributed by atoms with Crippen molar-refractivity contribution in [1.82, 2.24) is 19.8 Å². The standard InChI is InChI=1S/C20H29N5O2/c1-15(2)6-7-21-20(26)25-14-22-19-17(4-3-5-18(19)25)24-10-8-23(9-11-24)16-12-27-13-16/h3-5,14-16H,6-13H2,1-2H3,(H,21,26). The van der Waals surface area contributed by atoms with Crippen LogP contribution in [0, 0.1) is 5.92 Å². The fourth-order valence-electron chi connectivity index (χ4n) is 3.76. The van der Waals surface area contributed by atoms with Crippen LogP contribution in [0.4, 0.5) is 10.5 Å². The van der Waals surface area contributed by atoms with Gasteiger partial charge in [0.15, 0.2) is 0 Å². The Balaban J connectivity index is 1.47. The van der Waals surface area contributed by atoms with E-state index in [0.29, 0.717) is 18.5 Å². The lowest BCUT2D eigenvalue weighted by atomic mass is 10.1. The predicted molar refractivity (Wildman–Crippen MR) is 106 cm³/mol. The van der Waals surface area contributed by atoms with Gasteiger partial charge in [-0.25, -0.2) is 9.78 Å². The van der Waals surface area contributed by atoms with Crippen molar-refractivity contribution < 1.29 is 9.53 Å². The van der Waals surface area contributed by atoms with Crippen molar-refractivity contribution in [3.05, 3.63) is 24.5 Å². The predicted octanol–water partition coefficient (Wildman–Crippen LogP) is 2.16. The van der Waals surface area contributed by atoms with E-state index in [4.69, 9.17) is 4.74 Å². The number of fused-ring (bicyclic) bond motifs is 1. The van der Waals surface area contributed by atoms with Crippen LogP contribution in [0.5, 0.6) is 0 Å². The molecule has 2 saturated heterocycles. The van der Waals surface area contributed by atoms with Crippen molar-refractivity contribution in [1.29, 1.82) is 0 Å². The van der Waals surface area contributed by atoms with E-state index in [1.165, 1.54) is 0 Å². The summed E-state index contributed by atoms with van der Waals surface area (Å²) in [5.74, 6) is 0.571. The van der Waals surface area contributed by atoms with Crippen LogP contribution in [-0.2, 0) is 4.74 Å². The Morgan fingerprint density at radius 3 is 2.70 bits per heavy atom. The minimum absolute atomic E-state index is 0.106. The Labute approximate surface area is 160 Å². The van der Waals surface area contributed by atoms with E-state index in [1.807, 2.05) is 12.1 Å². The van der Waals surface area contributed by atoms with Gasteiger partial charge in [0.1, 0.15) is 11.8 Å². The lowest BCUT2D eigenvalue weighted by Gasteiger charge is -2.43. The molecule has 2 aliphatic rings. The number of imidazole rings is 1. The zero-order valence-corrected chi connectivity index (χ0v) is 16.2. The molecule has 0 spiro atoms. The van der Waals surface area contributed by atoms with Crippen molar-refractivity contribution in [2.24, 2.45) is 5.92 Å². The quantitative estimate of drug-likeness (QED) is 0.873. The summed E-state index contributed by atoms with van der Waals surface area (Å²) in [5.41, 5.74) is 2.88. The second-order valence-electron chi connectivity index (χ2n) is 7.89. The number of aromatic nitrogens is 2. The van der Waals surface area contributed by atoms with Crippen molar-refractivity contribution in [3.63, 3.8) is 0 Å². The third-order valence-electron chi connectivity index (χ3n) is 5.56. The highest BCUT2D eigenvalue weighted by molar-refractivity contribution is 5.95. The van der Waals surface area contributed by atoms with Crippen LogP contribution in [0.15, 0.2) is 24.5 Å². The summed E-state index contributed by atoms with van der Waals surface area (Å²) < 4.78 is 6.94. The van der Waals surface area contributed by atoms with Crippen LogP contribution in [0.2, 0.25) is 0 Å². The van der Waals surface area contributed by atoms with Crippen LogP contribution in [0.25, 0.3) is 11.0 Å². The molecule has 2 aromatic rings. The Hall–Kier alpha value is -2.12. The molecule has 1 aromatic carbocycles. The minimum Gasteiger partial charge on any atom is -0.378 e. The number of para-hydroxylation sites is 1. The number of benzene rings is 1. The number of piperazine rings is 1. The average molecular weight is 371 g/mol. The first-order valence-electron chi connectivity index (χ1n) is 9.94. The van der Waals surface area contributed by atoms with Crippen LogP contribution >= 0.6 is 0 Å². The van der Waals surface area contributed by atoms with Gasteiger partial charge in [-0.15, -0.1) is 0 Å². The molecule has 2 fully saturated rings. The second-order valence-corrected chi connectivity index (χ2v) is 7.89. The lowest BCUT2D eigenvalue weighted by Crippen LogP contribution is -2.56. The molecule has 27 heavy (non-hydrogen) atoms. The molecule has 0 saturated carbocycles. The van der Waals surface area contributed by atoms with E-state index in [1.54, 1.807) is 10.9 Å². The highest BCUT2D eigenvalue weighted by Crippen LogP contribution is 2.27. The summed E-state index contributed by atoms with van der Waals surface area (Å²) in [4.78, 5) is 22.0. The molecule has 0 unspecified atom stereocenters. The summed E-state index contributed by atoms with van der Waals surface area (Å²) in [5, 5.41) is 2.99. The third-order valence-corrected chi connectivity index (χ3v) is 5.56. The van der Waals surface area contributed by atoms with Gasteiger partial charge in [-0.2, -0.15) is 0 Å². The molecule has 4 rings (SSSR count). The maximum absolute atomic E-state index is 12.5. The molecule has 146 valence electrons. The topological polar surface area (TPSA) is 62.6 Å². The summed E-state index contributed by atoms with van der Waals surface area (Å²) in [6.07, 6.45) is 2.61. The van der Waals surface area contributed by atoms with Crippen molar-refractivity contribution in [2.75, 3.05) is 50.8 Å². The molecule has 7 heteroatoms. The van der Waals surface area contributed by atoms with Crippen LogP contribution in [0.1, 0.15) is 20.3 Å². The number of nitrogens with zero attached hydrogens (tertiary/aromatic N) is 4. The van der Waals surface area contributed by atoms with Crippen molar-refractivity contribution >= 4 is 22.8 Å². The fraction of sp³-hybridized carbons (Fsp3) is 0.600. The number of anilines is 1. The van der Waals surface area contributed by atoms with Gasteiger partial charge in [0.05, 0.1) is 30.5 Å². The van der Waals surface area contributed by atoms with E-state index in [9.17, 15) is 4.79 Å². The molecule has 1 amide bonds. The highest BCUT2D eigenvalue weighted by atomic mass is 16.5. The molecule has 0 bridgehead atoms. The van der Waals surface area contributed by atoms with E-state index in [0.717, 1.165) is 62.5 Å². The molecule has 0 atom stereocenters. The van der Waals surface area contributed by atoms with Crippen molar-refractivity contribution in [3.8, 4) is 0 Å². The number of hydrogen-bond acceptors (Lipinski definition) is 5. The smallest absolute Gasteiger partial charge is 0.327 e. The maximum Gasteiger partial charge on any atom is 0.327 e. The number of hydrogen-bond donors (Lipinski definition) is 1. The summed E-state index contributed by atoms with van der Waals surface area (Å²) in [6, 6.07) is 6.58. The monoisotopic (exact) mass is 371 g/mol. The molecular weight excluding hydrogens is 342 g/mol. The largest absolute Gasteiger partial charge is 0.378 e. The molecule has 3 heterocycles. The van der Waals surface area contributed by atoms with Crippen LogP contribution < -0.4 is 10.2 Å². The molecule has 0 radical (unpaired) electrons. The molecule has 1 aromatic heterocycles. The van der Waals surface area contributed by atoms with Gasteiger partial charge in [0, 0.05) is 32.7 Å². The van der Waals surface area contributed by atoms with Gasteiger partial charge >= 0.3 is 6.03 Å². The Bertz CT molecular complexity index is 791. The lowest BCUT2D eigenvalue weighted by molar-refractivity contribution is -0.0660. The molecule has 2 aliphatic heterocycles. The molecule has 1 N–H and O–H groups in total. The first-order valence-corrected chi connectivity index (χ1v) is 9.94. The fourth-order valence-corrected chi connectivity index (χ4v) is 3.76. The number of rotatable bonds is 5. The Morgan fingerprint density at radius 2 is 2.04 bits per heavy atom. The molecule has 7 nitrogen and oxygen atoms in total. The number of ether oxygens (including phenoxy) is 1. The third kappa shape index (κ3) is 3.80. The van der Waals surface area contributed by atoms with Gasteiger partial charge in [0.2, 0.25) is 0 Å². The normalized spacial score (nSPS) is 18.9. The summed E-state index contributed by atoms with van der Waals surface area (Å²) in [7, 11) is 0. The Morgan fingerprint density at radius 1 is 1.26 bits per heavy atom. The zero-order valence-electron chi connectivity index (χ0n) is 16.2. The first-order chi connectivity index (χ1) is 13.1. The number of amides is 1. The van der Waals surface area contributed by atoms with Gasteiger partial charge in [0.25, 0.3) is 0 Å². The van der Waals surface area contributed by atoms with E-state index in [2.05, 4.69) is 40.0 Å². The number of carbonyl (C=O) groups excluding carboxylic acids is 1. The SMILES string of the molecule is CC(C)CCNC(=O)n1cnc2c(N3CCN(C4COC4)CC3)cccc21. The van der Waals surface area contributed by atoms with Gasteiger partial charge < -0.3 is 15.0 Å². The van der Waals surface area contributed by atoms with E-state index in [-0.39, 0.29) is 6.03 Å².